The maximum Gasteiger partial charge on any atom is 0.309 e. The number of carbonyl (C=O) groups excluding carboxylic acids is 1. The first kappa shape index (κ1) is 19.0. The zero-order valence-corrected chi connectivity index (χ0v) is 16.8. The molecule has 1 unspecified atom stereocenters. The van der Waals surface area contributed by atoms with Crippen molar-refractivity contribution in [2.75, 3.05) is 32.0 Å². The molecule has 1 fully saturated rings. The summed E-state index contributed by atoms with van der Waals surface area (Å²) in [5.74, 6) is 1.03. The number of fused-ring (bicyclic) bond motifs is 1. The van der Waals surface area contributed by atoms with Crippen LogP contribution in [0, 0.1) is 26.7 Å². The highest BCUT2D eigenvalue weighted by Crippen LogP contribution is 2.44. The quantitative estimate of drug-likeness (QED) is 0.660. The van der Waals surface area contributed by atoms with Gasteiger partial charge in [0.15, 0.2) is 0 Å². The Morgan fingerprint density at radius 3 is 2.50 bits per heavy atom. The minimum absolute atomic E-state index is 0.0416. The van der Waals surface area contributed by atoms with E-state index in [0.29, 0.717) is 6.61 Å². The smallest absolute Gasteiger partial charge is 0.309 e. The number of nitrogens with two attached hydrogens (primary N) is 1. The van der Waals surface area contributed by atoms with E-state index in [-0.39, 0.29) is 17.5 Å². The SMILES string of the molecule is CCOC(=O)C1CCN(CC2(C)Cc3c(C)c(N)c(C)c(C)c3O2)CC1. The van der Waals surface area contributed by atoms with Gasteiger partial charge < -0.3 is 15.2 Å². The summed E-state index contributed by atoms with van der Waals surface area (Å²) in [6, 6.07) is 0. The van der Waals surface area contributed by atoms with Gasteiger partial charge in [0.1, 0.15) is 11.4 Å². The molecule has 3 rings (SSSR count). The fourth-order valence-corrected chi connectivity index (χ4v) is 4.37. The number of hydrogen-bond donors (Lipinski definition) is 1. The first-order valence-electron chi connectivity index (χ1n) is 9.72. The molecule has 0 bridgehead atoms. The number of likely N-dealkylation sites (tertiary alicyclic amines) is 1. The van der Waals surface area contributed by atoms with E-state index in [2.05, 4.69) is 32.6 Å². The predicted octanol–water partition coefficient (Wildman–Crippen LogP) is 3.16. The Morgan fingerprint density at radius 2 is 1.88 bits per heavy atom. The van der Waals surface area contributed by atoms with Gasteiger partial charge in [0.25, 0.3) is 0 Å². The monoisotopic (exact) mass is 360 g/mol. The van der Waals surface area contributed by atoms with Crippen LogP contribution in [0.15, 0.2) is 0 Å². The topological polar surface area (TPSA) is 64.8 Å². The Hall–Kier alpha value is -1.75. The highest BCUT2D eigenvalue weighted by atomic mass is 16.5. The van der Waals surface area contributed by atoms with E-state index in [9.17, 15) is 4.79 Å². The summed E-state index contributed by atoms with van der Waals surface area (Å²) in [7, 11) is 0. The van der Waals surface area contributed by atoms with Crippen molar-refractivity contribution in [3.63, 3.8) is 0 Å². The molecule has 1 aromatic rings. The van der Waals surface area contributed by atoms with Crippen LogP contribution in [0.2, 0.25) is 0 Å². The Labute approximate surface area is 156 Å². The predicted molar refractivity (Wildman–Crippen MR) is 104 cm³/mol. The summed E-state index contributed by atoms with van der Waals surface area (Å²) in [5, 5.41) is 0. The van der Waals surface area contributed by atoms with Crippen molar-refractivity contribution in [1.82, 2.24) is 4.90 Å². The summed E-state index contributed by atoms with van der Waals surface area (Å²) >= 11 is 0. The molecule has 144 valence electrons. The van der Waals surface area contributed by atoms with Gasteiger partial charge >= 0.3 is 5.97 Å². The maximum atomic E-state index is 11.9. The Morgan fingerprint density at radius 1 is 1.23 bits per heavy atom. The number of nitrogens with zero attached hydrogens (tertiary/aromatic N) is 1. The van der Waals surface area contributed by atoms with Gasteiger partial charge in [-0.3, -0.25) is 9.69 Å². The van der Waals surface area contributed by atoms with Gasteiger partial charge in [0.05, 0.1) is 12.5 Å². The molecule has 1 saturated heterocycles. The van der Waals surface area contributed by atoms with Crippen molar-refractivity contribution in [3.8, 4) is 5.75 Å². The molecular formula is C21H32N2O3. The van der Waals surface area contributed by atoms with Crippen LogP contribution in [0.4, 0.5) is 5.69 Å². The third-order valence-electron chi connectivity index (χ3n) is 6.10. The van der Waals surface area contributed by atoms with Crippen molar-refractivity contribution in [2.45, 2.75) is 59.5 Å². The lowest BCUT2D eigenvalue weighted by Gasteiger charge is -2.36. The number of carbonyl (C=O) groups is 1. The third-order valence-corrected chi connectivity index (χ3v) is 6.10. The molecule has 2 N–H and O–H groups in total. The maximum absolute atomic E-state index is 11.9. The van der Waals surface area contributed by atoms with Crippen LogP contribution in [-0.4, -0.2) is 42.7 Å². The summed E-state index contributed by atoms with van der Waals surface area (Å²) < 4.78 is 11.6. The molecule has 0 spiro atoms. The van der Waals surface area contributed by atoms with Gasteiger partial charge in [-0.05, 0) is 77.2 Å². The van der Waals surface area contributed by atoms with E-state index in [1.54, 1.807) is 0 Å². The minimum Gasteiger partial charge on any atom is -0.485 e. The summed E-state index contributed by atoms with van der Waals surface area (Å²) in [6.07, 6.45) is 2.62. The van der Waals surface area contributed by atoms with Gasteiger partial charge in [0.2, 0.25) is 0 Å². The zero-order chi connectivity index (χ0) is 19.1. The molecule has 5 heteroatoms. The van der Waals surface area contributed by atoms with Crippen LogP contribution >= 0.6 is 0 Å². The molecular weight excluding hydrogens is 328 g/mol. The highest BCUT2D eigenvalue weighted by molar-refractivity contribution is 5.72. The van der Waals surface area contributed by atoms with E-state index in [0.717, 1.165) is 67.0 Å². The van der Waals surface area contributed by atoms with E-state index >= 15 is 0 Å². The van der Waals surface area contributed by atoms with Gasteiger partial charge in [-0.25, -0.2) is 0 Å². The molecule has 1 atom stereocenters. The van der Waals surface area contributed by atoms with Gasteiger partial charge in [-0.2, -0.15) is 0 Å². The number of benzene rings is 1. The van der Waals surface area contributed by atoms with E-state index in [1.165, 1.54) is 5.56 Å². The molecule has 2 aliphatic rings. The second kappa shape index (κ2) is 7.10. The first-order valence-corrected chi connectivity index (χ1v) is 9.72. The van der Waals surface area contributed by atoms with Gasteiger partial charge in [-0.1, -0.05) is 0 Å². The van der Waals surface area contributed by atoms with Crippen molar-refractivity contribution in [1.29, 1.82) is 0 Å². The average molecular weight is 360 g/mol. The van der Waals surface area contributed by atoms with Crippen molar-refractivity contribution < 1.29 is 14.3 Å². The lowest BCUT2D eigenvalue weighted by Crippen LogP contribution is -2.47. The van der Waals surface area contributed by atoms with Crippen LogP contribution < -0.4 is 10.5 Å². The van der Waals surface area contributed by atoms with Crippen LogP contribution in [-0.2, 0) is 16.0 Å². The fraction of sp³-hybridized carbons (Fsp3) is 0.667. The average Bonchev–Trinajstić information content (AvgIpc) is 2.96. The number of esters is 1. The largest absolute Gasteiger partial charge is 0.485 e. The molecule has 0 radical (unpaired) electrons. The van der Waals surface area contributed by atoms with Crippen LogP contribution in [0.5, 0.6) is 5.75 Å². The Kier molecular flexibility index (Phi) is 5.20. The number of ether oxygens (including phenoxy) is 2. The number of anilines is 1. The molecule has 1 aromatic carbocycles. The molecule has 0 amide bonds. The van der Waals surface area contributed by atoms with Crippen LogP contribution in [0.25, 0.3) is 0 Å². The minimum atomic E-state index is -0.241. The fourth-order valence-electron chi connectivity index (χ4n) is 4.37. The van der Waals surface area contributed by atoms with E-state index in [1.807, 2.05) is 6.92 Å². The molecule has 26 heavy (non-hydrogen) atoms. The molecule has 0 aromatic heterocycles. The molecule has 5 nitrogen and oxygen atoms in total. The number of rotatable bonds is 4. The second-order valence-corrected chi connectivity index (χ2v) is 8.13. The zero-order valence-electron chi connectivity index (χ0n) is 16.8. The number of hydrogen-bond acceptors (Lipinski definition) is 5. The summed E-state index contributed by atoms with van der Waals surface area (Å²) in [5.41, 5.74) is 11.6. The van der Waals surface area contributed by atoms with Crippen LogP contribution in [0.3, 0.4) is 0 Å². The summed E-state index contributed by atoms with van der Waals surface area (Å²) in [6.45, 7) is 13.5. The van der Waals surface area contributed by atoms with E-state index < -0.39 is 0 Å². The van der Waals surface area contributed by atoms with Crippen molar-refractivity contribution >= 4 is 11.7 Å². The normalized spacial score (nSPS) is 23.6. The number of nitrogen functional groups attached to an aromatic ring is 1. The van der Waals surface area contributed by atoms with Gasteiger partial charge in [-0.15, -0.1) is 0 Å². The van der Waals surface area contributed by atoms with Crippen LogP contribution in [0.1, 0.15) is 48.9 Å². The Balaban J connectivity index is 1.66. The highest BCUT2D eigenvalue weighted by Gasteiger charge is 2.40. The summed E-state index contributed by atoms with van der Waals surface area (Å²) in [4.78, 5) is 14.3. The molecule has 0 aliphatic carbocycles. The molecule has 2 aliphatic heterocycles. The Bertz CT molecular complexity index is 669. The van der Waals surface area contributed by atoms with Crippen molar-refractivity contribution in [3.05, 3.63) is 22.3 Å². The lowest BCUT2D eigenvalue weighted by molar-refractivity contribution is -0.149. The number of piperidine rings is 1. The van der Waals surface area contributed by atoms with E-state index in [4.69, 9.17) is 15.2 Å². The molecule has 2 heterocycles. The third kappa shape index (κ3) is 3.41. The second-order valence-electron chi connectivity index (χ2n) is 8.13. The first-order chi connectivity index (χ1) is 12.3. The van der Waals surface area contributed by atoms with Crippen molar-refractivity contribution in [2.24, 2.45) is 5.92 Å². The van der Waals surface area contributed by atoms with Gasteiger partial charge in [0, 0.05) is 24.2 Å². The standard InChI is InChI=1S/C21H32N2O3/c1-6-25-20(24)16-7-9-23(10-8-16)12-21(5)11-17-15(4)18(22)13(2)14(3)19(17)26-21/h16H,6-12,22H2,1-5H3. The molecule has 0 saturated carbocycles. The lowest BCUT2D eigenvalue weighted by atomic mass is 9.90.